The summed E-state index contributed by atoms with van der Waals surface area (Å²) in [6, 6.07) is 8.12. The fraction of sp³-hybridized carbons (Fsp3) is 0.567. The number of rotatable bonds is 4. The highest BCUT2D eigenvalue weighted by atomic mass is 79.9. The minimum atomic E-state index is -0.971. The quantitative estimate of drug-likeness (QED) is 0.249. The average Bonchev–Trinajstić information content (AvgIpc) is 3.06. The van der Waals surface area contributed by atoms with Crippen molar-refractivity contribution in [3.8, 4) is 0 Å². The van der Waals surface area contributed by atoms with Gasteiger partial charge in [0.15, 0.2) is 0 Å². The molecule has 0 radical (unpaired) electrons. The SMILES string of the molecule is CC(C)(C)OC(=O)[N+]1([O-])CCC(C(C=O)N2CCN(C3c4ccc(Cl)cc4CCc4cc(Br)cnc43)CC2)CC1. The molecule has 3 aliphatic rings. The van der Waals surface area contributed by atoms with Crippen LogP contribution in [0.4, 0.5) is 4.79 Å². The number of quaternary nitrogens is 1. The molecule has 8 nitrogen and oxygen atoms in total. The first kappa shape index (κ1) is 29.6. The largest absolute Gasteiger partial charge is 0.622 e. The molecule has 5 rings (SSSR count). The highest BCUT2D eigenvalue weighted by Crippen LogP contribution is 2.38. The number of piperidine rings is 1. The number of carbonyl (C=O) groups excluding carboxylic acids is 2. The number of hydrogen-bond donors (Lipinski definition) is 0. The Bertz CT molecular complexity index is 1200. The minimum Gasteiger partial charge on any atom is -0.622 e. The Labute approximate surface area is 249 Å². The molecule has 1 amide bonds. The van der Waals surface area contributed by atoms with Crippen molar-refractivity contribution in [1.29, 1.82) is 0 Å². The number of nitrogens with zero attached hydrogens (tertiary/aromatic N) is 4. The number of aryl methyl sites for hydroxylation is 2. The van der Waals surface area contributed by atoms with Crippen molar-refractivity contribution in [3.63, 3.8) is 0 Å². The smallest absolute Gasteiger partial charge is 0.516 e. The summed E-state index contributed by atoms with van der Waals surface area (Å²) < 4.78 is 5.39. The summed E-state index contributed by atoms with van der Waals surface area (Å²) in [5.41, 5.74) is 4.13. The van der Waals surface area contributed by atoms with E-state index in [0.29, 0.717) is 12.8 Å². The van der Waals surface area contributed by atoms with E-state index in [2.05, 4.69) is 43.9 Å². The van der Waals surface area contributed by atoms with Crippen molar-refractivity contribution >= 4 is 39.9 Å². The van der Waals surface area contributed by atoms with Crippen molar-refractivity contribution in [2.24, 2.45) is 5.92 Å². The number of hydrogen-bond acceptors (Lipinski definition) is 7. The van der Waals surface area contributed by atoms with Gasteiger partial charge in [0, 0.05) is 54.7 Å². The van der Waals surface area contributed by atoms with E-state index >= 15 is 0 Å². The first-order chi connectivity index (χ1) is 19.0. The van der Waals surface area contributed by atoms with Crippen LogP contribution in [0.5, 0.6) is 0 Å². The fourth-order valence-corrected chi connectivity index (χ4v) is 7.02. The van der Waals surface area contributed by atoms with Crippen LogP contribution in [-0.4, -0.2) is 82.7 Å². The standard InChI is InChI=1S/C30H38BrClN4O4/c1-30(2,3)40-29(38)36(39)14-8-20(9-15-36)26(19-37)34-10-12-35(13-11-34)28-25-7-6-24(32)17-21(25)4-5-22-16-23(31)18-33-27(22)28/h6-7,16-20,26,28H,4-5,8-15H2,1-3H3. The molecule has 1 aromatic heterocycles. The fourth-order valence-electron chi connectivity index (χ4n) is 6.45. The molecule has 0 spiro atoms. The predicted molar refractivity (Wildman–Crippen MR) is 158 cm³/mol. The van der Waals surface area contributed by atoms with Gasteiger partial charge in [-0.05, 0) is 90.4 Å². The second-order valence-electron chi connectivity index (χ2n) is 12.3. The van der Waals surface area contributed by atoms with Crippen molar-refractivity contribution < 1.29 is 19.0 Å². The van der Waals surface area contributed by atoms with Crippen LogP contribution in [0.15, 0.2) is 34.9 Å². The number of pyridine rings is 1. The van der Waals surface area contributed by atoms with Crippen molar-refractivity contribution in [2.45, 2.75) is 64.1 Å². The van der Waals surface area contributed by atoms with Gasteiger partial charge >= 0.3 is 6.09 Å². The van der Waals surface area contributed by atoms with E-state index in [1.54, 1.807) is 20.8 Å². The van der Waals surface area contributed by atoms with Gasteiger partial charge in [-0.1, -0.05) is 17.7 Å². The van der Waals surface area contributed by atoms with Gasteiger partial charge < -0.3 is 14.7 Å². The van der Waals surface area contributed by atoms with Crippen LogP contribution >= 0.6 is 27.5 Å². The van der Waals surface area contributed by atoms with Crippen molar-refractivity contribution in [3.05, 3.63) is 67.5 Å². The molecule has 3 heterocycles. The molecule has 40 heavy (non-hydrogen) atoms. The number of carbonyl (C=O) groups is 2. The monoisotopic (exact) mass is 632 g/mol. The molecule has 216 valence electrons. The number of hydroxylamine groups is 3. The third-order valence-corrected chi connectivity index (χ3v) is 9.17. The van der Waals surface area contributed by atoms with Crippen LogP contribution < -0.4 is 0 Å². The summed E-state index contributed by atoms with van der Waals surface area (Å²) in [6.45, 7) is 8.66. The Balaban J connectivity index is 1.28. The molecule has 2 unspecified atom stereocenters. The van der Waals surface area contributed by atoms with Gasteiger partial charge in [0.05, 0.1) is 30.9 Å². The lowest BCUT2D eigenvalue weighted by Crippen LogP contribution is -2.58. The third-order valence-electron chi connectivity index (χ3n) is 8.50. The van der Waals surface area contributed by atoms with Gasteiger partial charge in [0.1, 0.15) is 11.9 Å². The van der Waals surface area contributed by atoms with Crippen LogP contribution in [0.1, 0.15) is 62.0 Å². The van der Waals surface area contributed by atoms with Crippen LogP contribution in [0, 0.1) is 11.1 Å². The minimum absolute atomic E-state index is 0.0246. The maximum absolute atomic E-state index is 13.2. The molecule has 10 heteroatoms. The van der Waals surface area contributed by atoms with Crippen molar-refractivity contribution in [1.82, 2.24) is 14.8 Å². The summed E-state index contributed by atoms with van der Waals surface area (Å²) in [4.78, 5) is 34.5. The van der Waals surface area contributed by atoms with E-state index in [1.807, 2.05) is 12.3 Å². The number of likely N-dealkylation sites (tertiary alicyclic amines) is 1. The predicted octanol–water partition coefficient (Wildman–Crippen LogP) is 5.53. The number of piperazine rings is 1. The van der Waals surface area contributed by atoms with E-state index in [1.165, 1.54) is 16.7 Å². The molecule has 0 saturated carbocycles. The summed E-state index contributed by atoms with van der Waals surface area (Å²) >= 11 is 9.98. The summed E-state index contributed by atoms with van der Waals surface area (Å²) in [5.74, 6) is 0.0483. The van der Waals surface area contributed by atoms with Crippen molar-refractivity contribution in [2.75, 3.05) is 39.3 Å². The van der Waals surface area contributed by atoms with Gasteiger partial charge in [-0.15, -0.1) is 0 Å². The van der Waals surface area contributed by atoms with Gasteiger partial charge in [-0.25, -0.2) is 0 Å². The molecular weight excluding hydrogens is 596 g/mol. The van der Waals surface area contributed by atoms with E-state index in [0.717, 1.165) is 60.5 Å². The normalized spacial score (nSPS) is 26.8. The zero-order valence-electron chi connectivity index (χ0n) is 23.4. The number of benzene rings is 1. The second kappa shape index (κ2) is 11.8. The van der Waals surface area contributed by atoms with E-state index in [-0.39, 0.29) is 31.1 Å². The molecule has 1 aliphatic carbocycles. The highest BCUT2D eigenvalue weighted by Gasteiger charge is 2.42. The molecule has 2 aliphatic heterocycles. The van der Waals surface area contributed by atoms with E-state index in [9.17, 15) is 14.8 Å². The summed E-state index contributed by atoms with van der Waals surface area (Å²) in [7, 11) is 0. The lowest BCUT2D eigenvalue weighted by molar-refractivity contribution is -0.815. The number of aldehydes is 1. The van der Waals surface area contributed by atoms with E-state index in [4.69, 9.17) is 21.3 Å². The van der Waals surface area contributed by atoms with Crippen LogP contribution in [0.3, 0.4) is 0 Å². The topological polar surface area (TPSA) is 85.8 Å². The molecule has 0 N–H and O–H groups in total. The molecule has 2 aromatic rings. The first-order valence-corrected chi connectivity index (χ1v) is 15.3. The first-order valence-electron chi connectivity index (χ1n) is 14.1. The molecule has 1 aromatic carbocycles. The third kappa shape index (κ3) is 6.30. The average molecular weight is 634 g/mol. The molecule has 0 bridgehead atoms. The van der Waals surface area contributed by atoms with Gasteiger partial charge in [-0.2, -0.15) is 4.79 Å². The highest BCUT2D eigenvalue weighted by molar-refractivity contribution is 9.10. The zero-order valence-corrected chi connectivity index (χ0v) is 25.8. The van der Waals surface area contributed by atoms with Gasteiger partial charge in [0.25, 0.3) is 0 Å². The summed E-state index contributed by atoms with van der Waals surface area (Å²) in [6.07, 6.45) is 5.05. The zero-order chi connectivity index (χ0) is 28.7. The Morgan fingerprint density at radius 1 is 1.15 bits per heavy atom. The Morgan fingerprint density at radius 2 is 1.82 bits per heavy atom. The number of halogens is 2. The number of amides is 1. The number of fused-ring (bicyclic) bond motifs is 2. The number of ether oxygens (including phenoxy) is 1. The molecule has 2 fully saturated rings. The summed E-state index contributed by atoms with van der Waals surface area (Å²) in [5, 5.41) is 13.9. The lowest BCUT2D eigenvalue weighted by Gasteiger charge is -2.47. The van der Waals surface area contributed by atoms with Crippen LogP contribution in [0.2, 0.25) is 5.02 Å². The maximum Gasteiger partial charge on any atom is 0.516 e. The Morgan fingerprint density at radius 3 is 2.48 bits per heavy atom. The number of aromatic nitrogens is 1. The van der Waals surface area contributed by atoms with Gasteiger partial charge in [-0.3, -0.25) is 19.4 Å². The van der Waals surface area contributed by atoms with Crippen LogP contribution in [0.25, 0.3) is 0 Å². The van der Waals surface area contributed by atoms with Crippen LogP contribution in [-0.2, 0) is 22.4 Å². The Hall–Kier alpha value is -1.88. The van der Waals surface area contributed by atoms with Gasteiger partial charge in [0.2, 0.25) is 0 Å². The second-order valence-corrected chi connectivity index (χ2v) is 13.6. The Kier molecular flexibility index (Phi) is 8.72. The molecule has 2 saturated heterocycles. The lowest BCUT2D eigenvalue weighted by atomic mass is 9.88. The molecule has 2 atom stereocenters. The maximum atomic E-state index is 13.2. The molecular formula is C30H38BrClN4O4. The van der Waals surface area contributed by atoms with E-state index < -0.39 is 16.3 Å².